The topological polar surface area (TPSA) is 32.6 Å². The molecule has 0 saturated heterocycles. The molecule has 2 aromatic carbocycles. The maximum absolute atomic E-state index is 10.8. The van der Waals surface area contributed by atoms with Crippen LogP contribution in [0.15, 0.2) is 53.5 Å². The van der Waals surface area contributed by atoms with Crippen molar-refractivity contribution in [2.45, 2.75) is 40.7 Å². The summed E-state index contributed by atoms with van der Waals surface area (Å²) in [5, 5.41) is 10.8. The summed E-state index contributed by atoms with van der Waals surface area (Å²) in [7, 11) is 0. The molecule has 0 heterocycles. The smallest absolute Gasteiger partial charge is 0.118 e. The van der Waals surface area contributed by atoms with Gasteiger partial charge in [-0.25, -0.2) is 0 Å². The first-order chi connectivity index (χ1) is 10.3. The molecule has 116 valence electrons. The molecule has 1 unspecified atom stereocenters. The lowest BCUT2D eigenvalue weighted by molar-refractivity contribution is 0.235. The molecule has 2 aromatic rings. The van der Waals surface area contributed by atoms with Gasteiger partial charge in [0, 0.05) is 5.41 Å². The van der Waals surface area contributed by atoms with E-state index in [-0.39, 0.29) is 5.41 Å². The summed E-state index contributed by atoms with van der Waals surface area (Å²) in [4.78, 5) is 4.87. The minimum absolute atomic E-state index is 0.218. The first-order valence-electron chi connectivity index (χ1n) is 7.69. The highest BCUT2D eigenvalue weighted by Gasteiger charge is 2.27. The van der Waals surface area contributed by atoms with Gasteiger partial charge in [0.2, 0.25) is 0 Å². The molecule has 0 aromatic heterocycles. The number of aliphatic hydroxyl groups is 1. The fourth-order valence-corrected chi connectivity index (χ4v) is 2.53. The molecule has 0 radical (unpaired) electrons. The molecule has 0 aliphatic carbocycles. The molecular formula is C20H25NO. The van der Waals surface area contributed by atoms with Crippen LogP contribution in [0.3, 0.4) is 0 Å². The Bertz CT molecular complexity index is 646. The molecule has 0 amide bonds. The average molecular weight is 295 g/mol. The number of benzene rings is 2. The van der Waals surface area contributed by atoms with E-state index in [1.807, 2.05) is 36.4 Å². The second kappa shape index (κ2) is 6.45. The van der Waals surface area contributed by atoms with E-state index in [0.717, 1.165) is 28.1 Å². The van der Waals surface area contributed by atoms with Crippen LogP contribution in [0.25, 0.3) is 0 Å². The van der Waals surface area contributed by atoms with E-state index in [1.54, 1.807) is 0 Å². The van der Waals surface area contributed by atoms with Crippen LogP contribution in [0, 0.1) is 19.3 Å². The van der Waals surface area contributed by atoms with Gasteiger partial charge in [0.15, 0.2) is 0 Å². The Morgan fingerprint density at radius 1 is 0.909 bits per heavy atom. The van der Waals surface area contributed by atoms with Crippen LogP contribution in [0.4, 0.5) is 5.69 Å². The Labute approximate surface area is 133 Å². The zero-order valence-corrected chi connectivity index (χ0v) is 14.1. The fraction of sp³-hybridized carbons (Fsp3) is 0.350. The Morgan fingerprint density at radius 3 is 1.95 bits per heavy atom. The number of nitrogens with zero attached hydrogens (tertiary/aromatic N) is 1. The molecule has 2 nitrogen and oxygen atoms in total. The minimum Gasteiger partial charge on any atom is -0.382 e. The SMILES string of the molecule is Cc1cccc(C)c1N=C(C(O)c1ccccc1)C(C)(C)C. The number of aliphatic hydroxyl groups excluding tert-OH is 1. The highest BCUT2D eigenvalue weighted by Crippen LogP contribution is 2.32. The van der Waals surface area contributed by atoms with Gasteiger partial charge < -0.3 is 5.11 Å². The molecule has 0 bridgehead atoms. The largest absolute Gasteiger partial charge is 0.382 e. The average Bonchev–Trinajstić information content (AvgIpc) is 2.46. The van der Waals surface area contributed by atoms with Crippen LogP contribution in [0.1, 0.15) is 43.6 Å². The van der Waals surface area contributed by atoms with Crippen molar-refractivity contribution in [2.75, 3.05) is 0 Å². The standard InChI is InChI=1S/C20H25NO/c1-14-10-9-11-15(2)17(14)21-19(20(3,4)5)18(22)16-12-7-6-8-13-16/h6-13,18,22H,1-5H3. The summed E-state index contributed by atoms with van der Waals surface area (Å²) in [6.07, 6.45) is -0.694. The van der Waals surface area contributed by atoms with E-state index in [1.165, 1.54) is 0 Å². The Morgan fingerprint density at radius 2 is 1.45 bits per heavy atom. The number of rotatable bonds is 3. The van der Waals surface area contributed by atoms with Crippen molar-refractivity contribution in [3.63, 3.8) is 0 Å². The van der Waals surface area contributed by atoms with Gasteiger partial charge in [0.05, 0.1) is 11.4 Å². The maximum Gasteiger partial charge on any atom is 0.118 e. The Hall–Kier alpha value is -1.93. The highest BCUT2D eigenvalue weighted by atomic mass is 16.3. The molecule has 0 fully saturated rings. The van der Waals surface area contributed by atoms with Crippen molar-refractivity contribution in [1.29, 1.82) is 0 Å². The van der Waals surface area contributed by atoms with Crippen LogP contribution in [0.2, 0.25) is 0 Å². The quantitative estimate of drug-likeness (QED) is 0.780. The van der Waals surface area contributed by atoms with E-state index < -0.39 is 6.10 Å². The van der Waals surface area contributed by atoms with E-state index in [4.69, 9.17) is 4.99 Å². The molecule has 2 heteroatoms. The molecule has 0 spiro atoms. The van der Waals surface area contributed by atoms with E-state index in [9.17, 15) is 5.11 Å². The van der Waals surface area contributed by atoms with Gasteiger partial charge in [0.25, 0.3) is 0 Å². The number of aliphatic imine (C=N–C) groups is 1. The second-order valence-electron chi connectivity index (χ2n) is 6.80. The molecule has 22 heavy (non-hydrogen) atoms. The minimum atomic E-state index is -0.694. The Kier molecular flexibility index (Phi) is 4.82. The van der Waals surface area contributed by atoms with Gasteiger partial charge in [-0.2, -0.15) is 0 Å². The third-order valence-corrected chi connectivity index (χ3v) is 3.81. The zero-order valence-electron chi connectivity index (χ0n) is 14.1. The van der Waals surface area contributed by atoms with Crippen LogP contribution >= 0.6 is 0 Å². The van der Waals surface area contributed by atoms with Gasteiger partial charge >= 0.3 is 0 Å². The van der Waals surface area contributed by atoms with Crippen LogP contribution in [-0.2, 0) is 0 Å². The normalized spacial score (nSPS) is 14.0. The van der Waals surface area contributed by atoms with Gasteiger partial charge in [-0.3, -0.25) is 4.99 Å². The lowest BCUT2D eigenvalue weighted by Gasteiger charge is -2.27. The first-order valence-corrected chi connectivity index (χ1v) is 7.69. The van der Waals surface area contributed by atoms with Crippen molar-refractivity contribution in [1.82, 2.24) is 0 Å². The summed E-state index contributed by atoms with van der Waals surface area (Å²) in [6.45, 7) is 10.4. The van der Waals surface area contributed by atoms with Crippen LogP contribution in [-0.4, -0.2) is 10.8 Å². The number of aryl methyl sites for hydroxylation is 2. The molecule has 1 N–H and O–H groups in total. The van der Waals surface area contributed by atoms with Gasteiger partial charge in [0.1, 0.15) is 6.10 Å². The lowest BCUT2D eigenvalue weighted by atomic mass is 9.84. The van der Waals surface area contributed by atoms with Crippen molar-refractivity contribution < 1.29 is 5.11 Å². The molecule has 0 aliphatic rings. The molecular weight excluding hydrogens is 270 g/mol. The third-order valence-electron chi connectivity index (χ3n) is 3.81. The molecule has 2 rings (SSSR count). The van der Waals surface area contributed by atoms with Crippen molar-refractivity contribution in [2.24, 2.45) is 10.4 Å². The zero-order chi connectivity index (χ0) is 16.3. The molecule has 0 aliphatic heterocycles. The van der Waals surface area contributed by atoms with Crippen molar-refractivity contribution in [3.8, 4) is 0 Å². The van der Waals surface area contributed by atoms with Crippen LogP contribution < -0.4 is 0 Å². The Balaban J connectivity index is 2.55. The van der Waals surface area contributed by atoms with E-state index in [0.29, 0.717) is 0 Å². The highest BCUT2D eigenvalue weighted by molar-refractivity contribution is 5.96. The second-order valence-corrected chi connectivity index (χ2v) is 6.80. The predicted molar refractivity (Wildman–Crippen MR) is 93.9 cm³/mol. The van der Waals surface area contributed by atoms with Crippen LogP contribution in [0.5, 0.6) is 0 Å². The first kappa shape index (κ1) is 16.4. The summed E-state index contributed by atoms with van der Waals surface area (Å²) in [6, 6.07) is 15.9. The van der Waals surface area contributed by atoms with Crippen molar-refractivity contribution in [3.05, 3.63) is 65.2 Å². The van der Waals surface area contributed by atoms with Gasteiger partial charge in [-0.15, -0.1) is 0 Å². The lowest BCUT2D eigenvalue weighted by Crippen LogP contribution is -2.27. The number of hydrogen-bond donors (Lipinski definition) is 1. The summed E-state index contributed by atoms with van der Waals surface area (Å²) >= 11 is 0. The summed E-state index contributed by atoms with van der Waals surface area (Å²) in [5.41, 5.74) is 4.66. The fourth-order valence-electron chi connectivity index (χ4n) is 2.53. The summed E-state index contributed by atoms with van der Waals surface area (Å²) in [5.74, 6) is 0. The predicted octanol–water partition coefficient (Wildman–Crippen LogP) is 5.16. The molecule has 1 atom stereocenters. The van der Waals surface area contributed by atoms with E-state index >= 15 is 0 Å². The molecule has 0 saturated carbocycles. The number of para-hydroxylation sites is 1. The monoisotopic (exact) mass is 295 g/mol. The van der Waals surface area contributed by atoms with Crippen molar-refractivity contribution >= 4 is 11.4 Å². The number of hydrogen-bond acceptors (Lipinski definition) is 2. The van der Waals surface area contributed by atoms with E-state index in [2.05, 4.69) is 46.8 Å². The van der Waals surface area contributed by atoms with Gasteiger partial charge in [-0.05, 0) is 30.5 Å². The van der Waals surface area contributed by atoms with Gasteiger partial charge in [-0.1, -0.05) is 69.3 Å². The maximum atomic E-state index is 10.8. The third kappa shape index (κ3) is 3.63. The summed E-state index contributed by atoms with van der Waals surface area (Å²) < 4.78 is 0.